The van der Waals surface area contributed by atoms with Gasteiger partial charge in [0, 0.05) is 17.5 Å². The maximum absolute atomic E-state index is 13.4. The first-order valence-corrected chi connectivity index (χ1v) is 9.95. The number of thiazole rings is 1. The van der Waals surface area contributed by atoms with Gasteiger partial charge >= 0.3 is 0 Å². The number of carbonyl (C=O) groups is 1. The quantitative estimate of drug-likeness (QED) is 0.692. The monoisotopic (exact) mass is 394 g/mol. The van der Waals surface area contributed by atoms with Crippen LogP contribution in [-0.2, 0) is 11.2 Å². The molecule has 1 aliphatic rings. The van der Waals surface area contributed by atoms with Gasteiger partial charge in [-0.05, 0) is 42.2 Å². The third kappa shape index (κ3) is 3.03. The Bertz CT molecular complexity index is 989. The van der Waals surface area contributed by atoms with Crippen LogP contribution in [0, 0.1) is 5.41 Å². The molecule has 4 rings (SSSR count). The molecule has 0 radical (unpaired) electrons. The lowest BCUT2D eigenvalue weighted by molar-refractivity contribution is -0.125. The third-order valence-electron chi connectivity index (χ3n) is 5.46. The molecule has 0 bridgehead atoms. The lowest BCUT2D eigenvalue weighted by Gasteiger charge is -2.31. The fourth-order valence-electron chi connectivity index (χ4n) is 4.13. The Morgan fingerprint density at radius 2 is 1.89 bits per heavy atom. The number of nitrogens with one attached hydrogen (secondary N) is 1. The van der Waals surface area contributed by atoms with E-state index in [1.54, 1.807) is 20.4 Å². The van der Waals surface area contributed by atoms with Crippen LogP contribution >= 0.6 is 11.3 Å². The molecule has 0 spiro atoms. The summed E-state index contributed by atoms with van der Waals surface area (Å²) in [6, 6.07) is 14.2. The van der Waals surface area contributed by atoms with Crippen LogP contribution in [0.1, 0.15) is 29.5 Å². The first-order valence-electron chi connectivity index (χ1n) is 9.07. The summed E-state index contributed by atoms with van der Waals surface area (Å²) in [5, 5.41) is 5.47. The van der Waals surface area contributed by atoms with Crippen molar-refractivity contribution in [3.8, 4) is 11.5 Å². The Hall–Kier alpha value is -2.86. The minimum Gasteiger partial charge on any atom is -0.493 e. The van der Waals surface area contributed by atoms with E-state index < -0.39 is 5.41 Å². The predicted octanol–water partition coefficient (Wildman–Crippen LogP) is 4.49. The number of methoxy groups -OCH3 is 2. The highest BCUT2D eigenvalue weighted by Crippen LogP contribution is 2.53. The first kappa shape index (κ1) is 18.5. The van der Waals surface area contributed by atoms with E-state index in [1.807, 2.05) is 42.6 Å². The smallest absolute Gasteiger partial charge is 0.233 e. The minimum atomic E-state index is -0.660. The van der Waals surface area contributed by atoms with E-state index in [0.29, 0.717) is 23.1 Å². The second kappa shape index (κ2) is 7.28. The van der Waals surface area contributed by atoms with E-state index in [4.69, 9.17) is 9.47 Å². The highest BCUT2D eigenvalue weighted by atomic mass is 32.1. The van der Waals surface area contributed by atoms with Gasteiger partial charge in [0.2, 0.25) is 5.91 Å². The van der Waals surface area contributed by atoms with Crippen LogP contribution in [0.4, 0.5) is 5.13 Å². The molecule has 0 unspecified atom stereocenters. The first-order chi connectivity index (χ1) is 13.6. The molecular formula is C22H22N2O3S. The summed E-state index contributed by atoms with van der Waals surface area (Å²) in [5.74, 6) is 1.22. The molecular weight excluding hydrogens is 372 g/mol. The highest BCUT2D eigenvalue weighted by Gasteiger charge is 2.49. The van der Waals surface area contributed by atoms with Gasteiger partial charge in [0.15, 0.2) is 16.6 Å². The number of nitrogens with zero attached hydrogens (tertiary/aromatic N) is 1. The standard InChI is InChI=1S/C22H22N2O3S/c1-22(20(25)24-21-23-9-10-28-21)13-15-11-17(26-2)18(27-3)12-16(15)19(22)14-7-5-4-6-8-14/h4-12,19H,13H2,1-3H3,(H,23,24,25)/t19-,22+/m0/s1. The van der Waals surface area contributed by atoms with Crippen LogP contribution in [0.15, 0.2) is 54.0 Å². The molecule has 2 aromatic carbocycles. The molecule has 3 aromatic rings. The van der Waals surface area contributed by atoms with Crippen molar-refractivity contribution in [3.05, 3.63) is 70.7 Å². The number of ether oxygens (including phenoxy) is 2. The predicted molar refractivity (Wildman–Crippen MR) is 110 cm³/mol. The molecule has 0 aliphatic heterocycles. The Morgan fingerprint density at radius 3 is 2.54 bits per heavy atom. The number of anilines is 1. The average Bonchev–Trinajstić information content (AvgIpc) is 3.32. The fraction of sp³-hybridized carbons (Fsp3) is 0.273. The lowest BCUT2D eigenvalue weighted by atomic mass is 9.73. The van der Waals surface area contributed by atoms with Gasteiger partial charge in [-0.1, -0.05) is 30.3 Å². The van der Waals surface area contributed by atoms with Crippen molar-refractivity contribution in [1.82, 2.24) is 4.98 Å². The maximum Gasteiger partial charge on any atom is 0.233 e. The van der Waals surface area contributed by atoms with Crippen LogP contribution in [-0.4, -0.2) is 25.1 Å². The summed E-state index contributed by atoms with van der Waals surface area (Å²) in [6.07, 6.45) is 2.30. The Labute approximate surface area is 168 Å². The summed E-state index contributed by atoms with van der Waals surface area (Å²) in [7, 11) is 3.26. The van der Waals surface area contributed by atoms with Crippen LogP contribution in [0.5, 0.6) is 11.5 Å². The second-order valence-corrected chi connectivity index (χ2v) is 8.03. The zero-order chi connectivity index (χ0) is 19.7. The number of benzene rings is 2. The molecule has 1 aromatic heterocycles. The van der Waals surface area contributed by atoms with Crippen molar-refractivity contribution in [3.63, 3.8) is 0 Å². The molecule has 1 N–H and O–H groups in total. The van der Waals surface area contributed by atoms with Crippen LogP contribution in [0.3, 0.4) is 0 Å². The molecule has 144 valence electrons. The van der Waals surface area contributed by atoms with Crippen molar-refractivity contribution in [1.29, 1.82) is 0 Å². The van der Waals surface area contributed by atoms with E-state index >= 15 is 0 Å². The number of hydrogen-bond donors (Lipinski definition) is 1. The zero-order valence-corrected chi connectivity index (χ0v) is 16.9. The SMILES string of the molecule is COc1cc2c(cc1OC)[C@H](c1ccccc1)[C@](C)(C(=O)Nc1nccs1)C2. The number of aromatic nitrogens is 1. The molecule has 2 atom stereocenters. The molecule has 28 heavy (non-hydrogen) atoms. The van der Waals surface area contributed by atoms with Gasteiger partial charge in [-0.15, -0.1) is 11.3 Å². The summed E-state index contributed by atoms with van der Waals surface area (Å²) in [5.41, 5.74) is 2.64. The van der Waals surface area contributed by atoms with Gasteiger partial charge < -0.3 is 14.8 Å². The number of fused-ring (bicyclic) bond motifs is 1. The number of rotatable bonds is 5. The van der Waals surface area contributed by atoms with Crippen molar-refractivity contribution in [2.24, 2.45) is 5.41 Å². The van der Waals surface area contributed by atoms with E-state index in [2.05, 4.69) is 22.4 Å². The maximum atomic E-state index is 13.4. The van der Waals surface area contributed by atoms with Crippen molar-refractivity contribution < 1.29 is 14.3 Å². The van der Waals surface area contributed by atoms with E-state index in [9.17, 15) is 4.79 Å². The van der Waals surface area contributed by atoms with E-state index in [0.717, 1.165) is 16.7 Å². The van der Waals surface area contributed by atoms with Gasteiger partial charge in [0.05, 0.1) is 19.6 Å². The van der Waals surface area contributed by atoms with Crippen molar-refractivity contribution >= 4 is 22.4 Å². The average molecular weight is 394 g/mol. The van der Waals surface area contributed by atoms with Gasteiger partial charge in [0.25, 0.3) is 0 Å². The number of carbonyl (C=O) groups excluding carboxylic acids is 1. The van der Waals surface area contributed by atoms with Crippen molar-refractivity contribution in [2.45, 2.75) is 19.3 Å². The third-order valence-corrected chi connectivity index (χ3v) is 6.14. The summed E-state index contributed by atoms with van der Waals surface area (Å²) in [6.45, 7) is 2.02. The fourth-order valence-corrected chi connectivity index (χ4v) is 4.65. The van der Waals surface area contributed by atoms with Gasteiger partial charge in [-0.3, -0.25) is 4.79 Å². The molecule has 0 saturated carbocycles. The van der Waals surface area contributed by atoms with Crippen LogP contribution < -0.4 is 14.8 Å². The number of hydrogen-bond acceptors (Lipinski definition) is 5. The molecule has 5 nitrogen and oxygen atoms in total. The Kier molecular flexibility index (Phi) is 4.81. The highest BCUT2D eigenvalue weighted by molar-refractivity contribution is 7.13. The topological polar surface area (TPSA) is 60.5 Å². The van der Waals surface area contributed by atoms with E-state index in [-0.39, 0.29) is 11.8 Å². The molecule has 0 fully saturated rings. The Morgan fingerprint density at radius 1 is 1.18 bits per heavy atom. The zero-order valence-electron chi connectivity index (χ0n) is 16.1. The minimum absolute atomic E-state index is 0.0366. The van der Waals surface area contributed by atoms with Crippen molar-refractivity contribution in [2.75, 3.05) is 19.5 Å². The van der Waals surface area contributed by atoms with Gasteiger partial charge in [-0.25, -0.2) is 4.98 Å². The molecule has 1 amide bonds. The largest absolute Gasteiger partial charge is 0.493 e. The molecule has 6 heteroatoms. The van der Waals surface area contributed by atoms with Gasteiger partial charge in [0.1, 0.15) is 0 Å². The second-order valence-electron chi connectivity index (χ2n) is 7.14. The van der Waals surface area contributed by atoms with Crippen LogP contribution in [0.2, 0.25) is 0 Å². The molecule has 1 heterocycles. The number of amides is 1. The summed E-state index contributed by atoms with van der Waals surface area (Å²) in [4.78, 5) is 17.6. The Balaban J connectivity index is 1.82. The summed E-state index contributed by atoms with van der Waals surface area (Å²) < 4.78 is 11.0. The van der Waals surface area contributed by atoms with Gasteiger partial charge in [-0.2, -0.15) is 0 Å². The normalized spacial score (nSPS) is 20.5. The molecule has 1 aliphatic carbocycles. The molecule has 0 saturated heterocycles. The van der Waals surface area contributed by atoms with Crippen LogP contribution in [0.25, 0.3) is 0 Å². The lowest BCUT2D eigenvalue weighted by Crippen LogP contribution is -2.37. The van der Waals surface area contributed by atoms with E-state index in [1.165, 1.54) is 11.3 Å². The summed E-state index contributed by atoms with van der Waals surface area (Å²) >= 11 is 1.42.